The molecule has 0 unspecified atom stereocenters. The van der Waals surface area contributed by atoms with Crippen LogP contribution in [-0.2, 0) is 22.6 Å². The highest BCUT2D eigenvalue weighted by Gasteiger charge is 2.27. The summed E-state index contributed by atoms with van der Waals surface area (Å²) in [5.41, 5.74) is 7.38. The summed E-state index contributed by atoms with van der Waals surface area (Å²) in [4.78, 5) is 23.3. The minimum Gasteiger partial charge on any atom is -0.480 e. The molecule has 2 rings (SSSR count). The Kier molecular flexibility index (Phi) is 5.30. The SMILES string of the molecule is NCc1ccc(C[C@H](NC(=O)[C@@H]2CCCN2)C(=O)O)cc1. The first-order valence-corrected chi connectivity index (χ1v) is 7.14. The van der Waals surface area contributed by atoms with E-state index in [4.69, 9.17) is 5.73 Å². The summed E-state index contributed by atoms with van der Waals surface area (Å²) in [6, 6.07) is 6.24. The van der Waals surface area contributed by atoms with E-state index >= 15 is 0 Å². The van der Waals surface area contributed by atoms with Crippen LogP contribution in [0.2, 0.25) is 0 Å². The molecule has 2 atom stereocenters. The number of rotatable bonds is 6. The van der Waals surface area contributed by atoms with E-state index in [1.54, 1.807) is 0 Å². The Hall–Kier alpha value is -1.92. The molecule has 1 saturated heterocycles. The molecule has 0 aliphatic carbocycles. The molecule has 0 aromatic heterocycles. The van der Waals surface area contributed by atoms with Crippen LogP contribution in [0.1, 0.15) is 24.0 Å². The largest absolute Gasteiger partial charge is 0.480 e. The minimum absolute atomic E-state index is 0.238. The summed E-state index contributed by atoms with van der Waals surface area (Å²) in [6.07, 6.45) is 1.96. The molecule has 0 spiro atoms. The summed E-state index contributed by atoms with van der Waals surface area (Å²) in [5.74, 6) is -1.26. The van der Waals surface area contributed by atoms with Crippen LogP contribution in [0.3, 0.4) is 0 Å². The zero-order chi connectivity index (χ0) is 15.2. The summed E-state index contributed by atoms with van der Waals surface area (Å²) in [5, 5.41) is 14.9. The van der Waals surface area contributed by atoms with E-state index in [0.717, 1.165) is 30.5 Å². The third-order valence-corrected chi connectivity index (χ3v) is 3.69. The van der Waals surface area contributed by atoms with Gasteiger partial charge in [0.1, 0.15) is 6.04 Å². The molecule has 1 aromatic carbocycles. The molecule has 1 heterocycles. The fourth-order valence-corrected chi connectivity index (χ4v) is 2.43. The van der Waals surface area contributed by atoms with Crippen molar-refractivity contribution in [3.8, 4) is 0 Å². The fourth-order valence-electron chi connectivity index (χ4n) is 2.43. The van der Waals surface area contributed by atoms with Gasteiger partial charge in [-0.05, 0) is 30.5 Å². The summed E-state index contributed by atoms with van der Waals surface area (Å²) in [7, 11) is 0. The standard InChI is InChI=1S/C15H21N3O3/c16-9-11-5-3-10(4-6-11)8-13(15(20)21)18-14(19)12-2-1-7-17-12/h3-6,12-13,17H,1-2,7-9,16H2,(H,18,19)(H,20,21)/t12-,13-/m0/s1. The van der Waals surface area contributed by atoms with Gasteiger partial charge >= 0.3 is 5.97 Å². The highest BCUT2D eigenvalue weighted by atomic mass is 16.4. The van der Waals surface area contributed by atoms with E-state index in [9.17, 15) is 14.7 Å². The van der Waals surface area contributed by atoms with Gasteiger partial charge in [-0.25, -0.2) is 4.79 Å². The lowest BCUT2D eigenvalue weighted by Crippen LogP contribution is -2.49. The maximum absolute atomic E-state index is 12.0. The maximum Gasteiger partial charge on any atom is 0.326 e. The molecule has 0 bridgehead atoms. The summed E-state index contributed by atoms with van der Waals surface area (Å²) >= 11 is 0. The van der Waals surface area contributed by atoms with E-state index in [0.29, 0.717) is 6.54 Å². The Labute approximate surface area is 123 Å². The van der Waals surface area contributed by atoms with E-state index in [1.807, 2.05) is 24.3 Å². The van der Waals surface area contributed by atoms with E-state index in [2.05, 4.69) is 10.6 Å². The van der Waals surface area contributed by atoms with Crippen LogP contribution >= 0.6 is 0 Å². The Balaban J connectivity index is 1.97. The number of hydrogen-bond donors (Lipinski definition) is 4. The molecule has 0 radical (unpaired) electrons. The molecule has 0 saturated carbocycles. The highest BCUT2D eigenvalue weighted by Crippen LogP contribution is 2.09. The van der Waals surface area contributed by atoms with Gasteiger partial charge in [0.15, 0.2) is 0 Å². The topological polar surface area (TPSA) is 104 Å². The molecule has 6 nitrogen and oxygen atoms in total. The zero-order valence-electron chi connectivity index (χ0n) is 11.8. The first kappa shape index (κ1) is 15.5. The van der Waals surface area contributed by atoms with Crippen molar-refractivity contribution in [1.29, 1.82) is 0 Å². The van der Waals surface area contributed by atoms with Gasteiger partial charge in [0.25, 0.3) is 0 Å². The van der Waals surface area contributed by atoms with Crippen LogP contribution in [-0.4, -0.2) is 35.6 Å². The fraction of sp³-hybridized carbons (Fsp3) is 0.467. The number of aliphatic carboxylic acids is 1. The monoisotopic (exact) mass is 291 g/mol. The third-order valence-electron chi connectivity index (χ3n) is 3.69. The third kappa shape index (κ3) is 4.27. The number of nitrogens with one attached hydrogen (secondary N) is 2. The van der Waals surface area contributed by atoms with Gasteiger partial charge in [-0.1, -0.05) is 24.3 Å². The number of carbonyl (C=O) groups is 2. The number of hydrogen-bond acceptors (Lipinski definition) is 4. The van der Waals surface area contributed by atoms with Gasteiger partial charge < -0.3 is 21.5 Å². The van der Waals surface area contributed by atoms with Gasteiger partial charge in [0.05, 0.1) is 6.04 Å². The van der Waals surface area contributed by atoms with E-state index in [-0.39, 0.29) is 18.4 Å². The van der Waals surface area contributed by atoms with Crippen LogP contribution in [0.4, 0.5) is 0 Å². The molecule has 1 aliphatic rings. The number of carbonyl (C=O) groups excluding carboxylic acids is 1. The number of carboxylic acid groups (broad SMARTS) is 1. The predicted octanol–water partition coefficient (Wildman–Crippen LogP) is 0.00920. The first-order chi connectivity index (χ1) is 10.1. The van der Waals surface area contributed by atoms with Gasteiger partial charge in [-0.15, -0.1) is 0 Å². The molecule has 1 fully saturated rings. The van der Waals surface area contributed by atoms with Gasteiger partial charge in [-0.2, -0.15) is 0 Å². The van der Waals surface area contributed by atoms with Crippen LogP contribution in [0, 0.1) is 0 Å². The van der Waals surface area contributed by atoms with Crippen molar-refractivity contribution < 1.29 is 14.7 Å². The summed E-state index contributed by atoms with van der Waals surface area (Å²) in [6.45, 7) is 1.25. The Morgan fingerprint density at radius 3 is 2.52 bits per heavy atom. The van der Waals surface area contributed by atoms with Gasteiger partial charge in [0.2, 0.25) is 5.91 Å². The van der Waals surface area contributed by atoms with E-state index in [1.165, 1.54) is 0 Å². The normalized spacial score (nSPS) is 19.2. The molecular weight excluding hydrogens is 270 g/mol. The number of nitrogens with two attached hydrogens (primary N) is 1. The predicted molar refractivity (Wildman–Crippen MR) is 78.6 cm³/mol. The lowest BCUT2D eigenvalue weighted by atomic mass is 10.0. The highest BCUT2D eigenvalue weighted by molar-refractivity contribution is 5.87. The maximum atomic E-state index is 12.0. The lowest BCUT2D eigenvalue weighted by molar-refractivity contribution is -0.142. The zero-order valence-corrected chi connectivity index (χ0v) is 11.8. The quantitative estimate of drug-likeness (QED) is 0.591. The van der Waals surface area contributed by atoms with Crippen LogP contribution in [0.25, 0.3) is 0 Å². The molecule has 114 valence electrons. The van der Waals surface area contributed by atoms with Gasteiger partial charge in [0, 0.05) is 13.0 Å². The molecule has 21 heavy (non-hydrogen) atoms. The minimum atomic E-state index is -1.02. The lowest BCUT2D eigenvalue weighted by Gasteiger charge is -2.17. The molecule has 6 heteroatoms. The Bertz CT molecular complexity index is 495. The second-order valence-electron chi connectivity index (χ2n) is 5.27. The first-order valence-electron chi connectivity index (χ1n) is 7.14. The van der Waals surface area contributed by atoms with Crippen LogP contribution < -0.4 is 16.4 Å². The van der Waals surface area contributed by atoms with Crippen molar-refractivity contribution in [3.63, 3.8) is 0 Å². The van der Waals surface area contributed by atoms with E-state index < -0.39 is 12.0 Å². The molecule has 5 N–H and O–H groups in total. The number of amides is 1. The van der Waals surface area contributed by atoms with Crippen LogP contribution in [0.5, 0.6) is 0 Å². The second kappa shape index (κ2) is 7.19. The summed E-state index contributed by atoms with van der Waals surface area (Å²) < 4.78 is 0. The van der Waals surface area contributed by atoms with Crippen molar-refractivity contribution in [2.75, 3.05) is 6.54 Å². The van der Waals surface area contributed by atoms with Crippen molar-refractivity contribution in [3.05, 3.63) is 35.4 Å². The molecule has 1 aliphatic heterocycles. The Morgan fingerprint density at radius 2 is 2.00 bits per heavy atom. The van der Waals surface area contributed by atoms with Crippen molar-refractivity contribution in [2.45, 2.75) is 37.9 Å². The molecular formula is C15H21N3O3. The average molecular weight is 291 g/mol. The molecule has 1 amide bonds. The number of benzene rings is 1. The smallest absolute Gasteiger partial charge is 0.326 e. The van der Waals surface area contributed by atoms with Crippen molar-refractivity contribution >= 4 is 11.9 Å². The Morgan fingerprint density at radius 1 is 1.33 bits per heavy atom. The van der Waals surface area contributed by atoms with Crippen molar-refractivity contribution in [1.82, 2.24) is 10.6 Å². The second-order valence-corrected chi connectivity index (χ2v) is 5.27. The molecule has 1 aromatic rings. The number of carboxylic acids is 1. The average Bonchev–Trinajstić information content (AvgIpc) is 3.01. The van der Waals surface area contributed by atoms with Gasteiger partial charge in [-0.3, -0.25) is 4.79 Å². The van der Waals surface area contributed by atoms with Crippen LogP contribution in [0.15, 0.2) is 24.3 Å². The van der Waals surface area contributed by atoms with Crippen molar-refractivity contribution in [2.24, 2.45) is 5.73 Å².